The molecule has 8 heteroatoms. The number of benzene rings is 1. The number of nitrogens with one attached hydrogen (secondary N) is 2. The van der Waals surface area contributed by atoms with Gasteiger partial charge in [-0.1, -0.05) is 49.3 Å². The molecule has 0 radical (unpaired) electrons. The summed E-state index contributed by atoms with van der Waals surface area (Å²) >= 11 is 0. The highest BCUT2D eigenvalue weighted by Gasteiger charge is 2.18. The minimum Gasteiger partial charge on any atom is -0.371 e. The average molecular weight is 403 g/mol. The molecule has 2 rings (SSSR count). The summed E-state index contributed by atoms with van der Waals surface area (Å²) in [7, 11) is 1.75. The number of hydrogen-bond donors (Lipinski definition) is 2. The van der Waals surface area contributed by atoms with Gasteiger partial charge in [0.25, 0.3) is 0 Å². The third-order valence-corrected chi connectivity index (χ3v) is 4.80. The topological polar surface area (TPSA) is 87.8 Å². The molecule has 0 aliphatic carbocycles. The van der Waals surface area contributed by atoms with Crippen molar-refractivity contribution in [3.8, 4) is 0 Å². The average Bonchev–Trinajstić information content (AvgIpc) is 3.23. The zero-order valence-corrected chi connectivity index (χ0v) is 18.2. The van der Waals surface area contributed by atoms with Crippen LogP contribution in [0.5, 0.6) is 0 Å². The number of guanidine groups is 1. The molecule has 2 aromatic rings. The van der Waals surface area contributed by atoms with Crippen LogP contribution in [0.3, 0.4) is 0 Å². The van der Waals surface area contributed by atoms with Gasteiger partial charge in [-0.25, -0.2) is 0 Å². The third-order valence-electron chi connectivity index (χ3n) is 4.80. The standard InChI is InChI=1S/C21H34N6O2/c1-6-27(7-2)18(17-12-10-9-11-13-17)14-23-21(22-5)24-15-19-25-20(26-29-19)16(4)28-8-3/h9-13,16,18H,6-8,14-15H2,1-5H3,(H2,22,23,24). The Kier molecular flexibility index (Phi) is 9.59. The van der Waals surface area contributed by atoms with Crippen LogP contribution in [-0.2, 0) is 11.3 Å². The molecule has 1 heterocycles. The van der Waals surface area contributed by atoms with E-state index in [2.05, 4.69) is 68.8 Å². The summed E-state index contributed by atoms with van der Waals surface area (Å²) in [6, 6.07) is 10.8. The van der Waals surface area contributed by atoms with E-state index in [9.17, 15) is 0 Å². The summed E-state index contributed by atoms with van der Waals surface area (Å²) in [5, 5.41) is 10.6. The Morgan fingerprint density at radius 3 is 2.52 bits per heavy atom. The van der Waals surface area contributed by atoms with Crippen LogP contribution >= 0.6 is 0 Å². The van der Waals surface area contributed by atoms with Crippen LogP contribution in [0.1, 0.15) is 57.1 Å². The van der Waals surface area contributed by atoms with Gasteiger partial charge in [0, 0.05) is 20.2 Å². The number of nitrogens with zero attached hydrogens (tertiary/aromatic N) is 4. The van der Waals surface area contributed by atoms with Gasteiger partial charge in [0.2, 0.25) is 5.89 Å². The summed E-state index contributed by atoms with van der Waals surface area (Å²) in [4.78, 5) is 11.1. The monoisotopic (exact) mass is 402 g/mol. The fraction of sp³-hybridized carbons (Fsp3) is 0.571. The van der Waals surface area contributed by atoms with E-state index in [-0.39, 0.29) is 12.1 Å². The highest BCUT2D eigenvalue weighted by atomic mass is 16.5. The normalized spacial score (nSPS) is 14.1. The van der Waals surface area contributed by atoms with E-state index in [0.717, 1.165) is 19.6 Å². The number of aromatic nitrogens is 2. The number of likely N-dealkylation sites (N-methyl/N-ethyl adjacent to an activating group) is 1. The summed E-state index contributed by atoms with van der Waals surface area (Å²) < 4.78 is 10.8. The molecule has 1 aromatic heterocycles. The Morgan fingerprint density at radius 2 is 1.90 bits per heavy atom. The van der Waals surface area contributed by atoms with Crippen LogP contribution in [0.25, 0.3) is 0 Å². The number of hydrogen-bond acceptors (Lipinski definition) is 6. The van der Waals surface area contributed by atoms with Crippen molar-refractivity contribution in [3.05, 3.63) is 47.6 Å². The maximum atomic E-state index is 5.49. The van der Waals surface area contributed by atoms with Crippen LogP contribution in [0.15, 0.2) is 39.8 Å². The number of ether oxygens (including phenoxy) is 1. The van der Waals surface area contributed by atoms with Gasteiger partial charge in [-0.2, -0.15) is 4.98 Å². The zero-order valence-electron chi connectivity index (χ0n) is 18.2. The Bertz CT molecular complexity index is 730. The van der Waals surface area contributed by atoms with Gasteiger partial charge < -0.3 is 19.9 Å². The van der Waals surface area contributed by atoms with Crippen molar-refractivity contribution in [1.82, 2.24) is 25.7 Å². The molecule has 1 aromatic carbocycles. The first kappa shape index (κ1) is 22.8. The van der Waals surface area contributed by atoms with Crippen LogP contribution in [0, 0.1) is 0 Å². The lowest BCUT2D eigenvalue weighted by Crippen LogP contribution is -2.43. The van der Waals surface area contributed by atoms with Gasteiger partial charge in [-0.05, 0) is 32.5 Å². The lowest BCUT2D eigenvalue weighted by atomic mass is 10.1. The second-order valence-corrected chi connectivity index (χ2v) is 6.60. The van der Waals surface area contributed by atoms with Gasteiger partial charge in [-0.15, -0.1) is 0 Å². The molecule has 0 amide bonds. The van der Waals surface area contributed by atoms with Crippen molar-refractivity contribution in [2.75, 3.05) is 33.3 Å². The summed E-state index contributed by atoms with van der Waals surface area (Å²) in [6.07, 6.45) is -0.185. The van der Waals surface area contributed by atoms with E-state index in [1.54, 1.807) is 7.05 Å². The Morgan fingerprint density at radius 1 is 1.17 bits per heavy atom. The second kappa shape index (κ2) is 12.2. The van der Waals surface area contributed by atoms with Crippen LogP contribution < -0.4 is 10.6 Å². The predicted octanol–water partition coefficient (Wildman–Crippen LogP) is 2.92. The van der Waals surface area contributed by atoms with E-state index in [1.807, 2.05) is 19.9 Å². The van der Waals surface area contributed by atoms with Gasteiger partial charge in [0.1, 0.15) is 6.10 Å². The maximum Gasteiger partial charge on any atom is 0.246 e. The summed E-state index contributed by atoms with van der Waals surface area (Å²) in [5.74, 6) is 1.74. The quantitative estimate of drug-likeness (QED) is 0.441. The van der Waals surface area contributed by atoms with E-state index < -0.39 is 0 Å². The summed E-state index contributed by atoms with van der Waals surface area (Å²) in [6.45, 7) is 11.9. The first-order chi connectivity index (χ1) is 14.1. The minimum absolute atomic E-state index is 0.185. The van der Waals surface area contributed by atoms with Crippen molar-refractivity contribution >= 4 is 5.96 Å². The van der Waals surface area contributed by atoms with E-state index in [1.165, 1.54) is 5.56 Å². The molecular formula is C21H34N6O2. The number of rotatable bonds is 11. The first-order valence-corrected chi connectivity index (χ1v) is 10.3. The van der Waals surface area contributed by atoms with Crippen molar-refractivity contribution in [2.24, 2.45) is 4.99 Å². The fourth-order valence-electron chi connectivity index (χ4n) is 3.20. The highest BCUT2D eigenvalue weighted by Crippen LogP contribution is 2.19. The molecule has 2 unspecified atom stereocenters. The minimum atomic E-state index is -0.185. The Labute approximate surface area is 173 Å². The summed E-state index contributed by atoms with van der Waals surface area (Å²) in [5.41, 5.74) is 1.28. The van der Waals surface area contributed by atoms with Gasteiger partial charge in [0.05, 0.1) is 12.6 Å². The SMILES string of the molecule is CCOC(C)c1noc(CNC(=NC)NCC(c2ccccc2)N(CC)CC)n1. The molecule has 0 saturated carbocycles. The van der Waals surface area contributed by atoms with E-state index in [0.29, 0.717) is 30.8 Å². The van der Waals surface area contributed by atoms with Crippen molar-refractivity contribution < 1.29 is 9.26 Å². The zero-order chi connectivity index (χ0) is 21.1. The Balaban J connectivity index is 1.94. The molecule has 2 N–H and O–H groups in total. The van der Waals surface area contributed by atoms with Crippen molar-refractivity contribution in [1.29, 1.82) is 0 Å². The largest absolute Gasteiger partial charge is 0.371 e. The van der Waals surface area contributed by atoms with E-state index >= 15 is 0 Å². The van der Waals surface area contributed by atoms with Gasteiger partial charge in [-0.3, -0.25) is 9.89 Å². The first-order valence-electron chi connectivity index (χ1n) is 10.3. The molecule has 0 aliphatic heterocycles. The number of aliphatic imine (C=N–C) groups is 1. The fourth-order valence-corrected chi connectivity index (χ4v) is 3.20. The molecule has 0 fully saturated rings. The third kappa shape index (κ3) is 6.83. The van der Waals surface area contributed by atoms with Crippen molar-refractivity contribution in [2.45, 2.75) is 46.4 Å². The van der Waals surface area contributed by atoms with Crippen molar-refractivity contribution in [3.63, 3.8) is 0 Å². The molecule has 0 spiro atoms. The van der Waals surface area contributed by atoms with E-state index in [4.69, 9.17) is 9.26 Å². The Hall–Kier alpha value is -2.45. The van der Waals surface area contributed by atoms with Gasteiger partial charge in [0.15, 0.2) is 11.8 Å². The second-order valence-electron chi connectivity index (χ2n) is 6.60. The molecule has 2 atom stereocenters. The lowest BCUT2D eigenvalue weighted by Gasteiger charge is -2.30. The van der Waals surface area contributed by atoms with Crippen LogP contribution in [-0.4, -0.2) is 54.3 Å². The lowest BCUT2D eigenvalue weighted by molar-refractivity contribution is 0.0683. The highest BCUT2D eigenvalue weighted by molar-refractivity contribution is 5.79. The smallest absolute Gasteiger partial charge is 0.246 e. The molecule has 29 heavy (non-hydrogen) atoms. The molecule has 160 valence electrons. The molecular weight excluding hydrogens is 368 g/mol. The van der Waals surface area contributed by atoms with Gasteiger partial charge >= 0.3 is 0 Å². The predicted molar refractivity (Wildman–Crippen MR) is 115 cm³/mol. The molecule has 0 saturated heterocycles. The van der Waals surface area contributed by atoms with Crippen LogP contribution in [0.4, 0.5) is 0 Å². The van der Waals surface area contributed by atoms with Crippen LogP contribution in [0.2, 0.25) is 0 Å². The molecule has 0 bridgehead atoms. The maximum absolute atomic E-state index is 5.49. The molecule has 8 nitrogen and oxygen atoms in total. The molecule has 0 aliphatic rings.